The summed E-state index contributed by atoms with van der Waals surface area (Å²) < 4.78 is 8.27. The lowest BCUT2D eigenvalue weighted by Crippen LogP contribution is -2.14. The zero-order valence-corrected chi connectivity index (χ0v) is 14.2. The summed E-state index contributed by atoms with van der Waals surface area (Å²) in [5.74, 6) is 1.13. The van der Waals surface area contributed by atoms with Crippen molar-refractivity contribution >= 4 is 29.0 Å². The normalized spacial score (nSPS) is 14.9. The van der Waals surface area contributed by atoms with Crippen molar-refractivity contribution in [3.63, 3.8) is 0 Å². The molecule has 0 unspecified atom stereocenters. The minimum Gasteiger partial charge on any atom is -0.403 e. The Morgan fingerprint density at radius 3 is 2.96 bits per heavy atom. The summed E-state index contributed by atoms with van der Waals surface area (Å²) in [6.45, 7) is 0.620. The maximum absolute atomic E-state index is 5.93. The van der Waals surface area contributed by atoms with Crippen molar-refractivity contribution in [2.75, 3.05) is 5.32 Å². The van der Waals surface area contributed by atoms with E-state index in [4.69, 9.17) is 16.0 Å². The molecule has 23 heavy (non-hydrogen) atoms. The molecule has 0 aliphatic heterocycles. The van der Waals surface area contributed by atoms with Gasteiger partial charge in [0.15, 0.2) is 0 Å². The molecule has 3 aromatic heterocycles. The highest BCUT2D eigenvalue weighted by Crippen LogP contribution is 2.38. The summed E-state index contributed by atoms with van der Waals surface area (Å²) in [5, 5.41) is 15.7. The smallest absolute Gasteiger partial charge is 0.316 e. The molecule has 0 amide bonds. The number of hydrogen-bond acceptors (Lipinski definition) is 6. The molecule has 3 heterocycles. The molecule has 0 saturated heterocycles. The molecule has 0 atom stereocenters. The number of thiophene rings is 1. The van der Waals surface area contributed by atoms with Crippen molar-refractivity contribution in [1.82, 2.24) is 20.0 Å². The van der Waals surface area contributed by atoms with Gasteiger partial charge >= 0.3 is 6.01 Å². The zero-order chi connectivity index (χ0) is 15.8. The van der Waals surface area contributed by atoms with Crippen LogP contribution in [0.15, 0.2) is 22.7 Å². The second-order valence-electron chi connectivity index (χ2n) is 5.67. The van der Waals surface area contributed by atoms with Crippen LogP contribution in [0, 0.1) is 0 Å². The van der Waals surface area contributed by atoms with E-state index < -0.39 is 0 Å². The summed E-state index contributed by atoms with van der Waals surface area (Å²) in [6.07, 6.45) is 5.79. The lowest BCUT2D eigenvalue weighted by molar-refractivity contribution is 0.416. The van der Waals surface area contributed by atoms with Gasteiger partial charge in [-0.25, -0.2) is 0 Å². The third kappa shape index (κ3) is 2.86. The van der Waals surface area contributed by atoms with Gasteiger partial charge in [-0.2, -0.15) is 5.10 Å². The summed E-state index contributed by atoms with van der Waals surface area (Å²) >= 11 is 7.35. The highest BCUT2D eigenvalue weighted by atomic mass is 35.5. The Labute approximate surface area is 142 Å². The number of rotatable bonds is 5. The number of anilines is 1. The zero-order valence-electron chi connectivity index (χ0n) is 12.6. The molecule has 4 rings (SSSR count). The first-order valence-corrected chi connectivity index (χ1v) is 8.74. The van der Waals surface area contributed by atoms with Crippen LogP contribution in [0.5, 0.6) is 0 Å². The molecule has 6 nitrogen and oxygen atoms in total. The Balaban J connectivity index is 1.47. The van der Waals surface area contributed by atoms with Crippen LogP contribution in [0.3, 0.4) is 0 Å². The second kappa shape index (κ2) is 5.98. The molecule has 0 radical (unpaired) electrons. The maximum Gasteiger partial charge on any atom is 0.316 e. The number of hydrogen-bond donors (Lipinski definition) is 1. The first kappa shape index (κ1) is 14.7. The Bertz CT molecular complexity index is 820. The Morgan fingerprint density at radius 1 is 1.39 bits per heavy atom. The highest BCUT2D eigenvalue weighted by Gasteiger charge is 2.24. The van der Waals surface area contributed by atoms with E-state index in [0.29, 0.717) is 28.7 Å². The molecule has 8 heteroatoms. The molecular weight excluding hydrogens is 334 g/mol. The van der Waals surface area contributed by atoms with E-state index in [-0.39, 0.29) is 0 Å². The first-order chi connectivity index (χ1) is 11.2. The highest BCUT2D eigenvalue weighted by molar-refractivity contribution is 7.19. The Kier molecular flexibility index (Phi) is 3.82. The SMILES string of the molecule is Cn1ncc(C2CCC2)c1CNc1nnc(-c2ccc(Cl)s2)o1. The number of nitrogens with zero attached hydrogens (tertiary/aromatic N) is 4. The summed E-state index contributed by atoms with van der Waals surface area (Å²) in [4.78, 5) is 0.867. The molecule has 1 fully saturated rings. The van der Waals surface area contributed by atoms with Gasteiger partial charge in [-0.15, -0.1) is 16.4 Å². The Morgan fingerprint density at radius 2 is 2.26 bits per heavy atom. The standard InChI is InChI=1S/C15H16ClN5OS/c1-21-11(10(7-18-21)9-3-2-4-9)8-17-15-20-19-14(22-15)12-5-6-13(16)23-12/h5-7,9H,2-4,8H2,1H3,(H,17,20). The lowest BCUT2D eigenvalue weighted by Gasteiger charge is -2.25. The minimum absolute atomic E-state index is 0.408. The van der Waals surface area contributed by atoms with Gasteiger partial charge in [0.05, 0.1) is 27.6 Å². The average molecular weight is 350 g/mol. The predicted molar refractivity (Wildman–Crippen MR) is 89.7 cm³/mol. The van der Waals surface area contributed by atoms with Gasteiger partial charge in [-0.1, -0.05) is 23.1 Å². The van der Waals surface area contributed by atoms with Crippen LogP contribution in [-0.2, 0) is 13.6 Å². The van der Waals surface area contributed by atoms with Crippen molar-refractivity contribution < 1.29 is 4.42 Å². The first-order valence-electron chi connectivity index (χ1n) is 7.54. The third-order valence-corrected chi connectivity index (χ3v) is 5.47. The van der Waals surface area contributed by atoms with E-state index in [2.05, 4.69) is 20.6 Å². The minimum atomic E-state index is 0.408. The molecule has 0 aromatic carbocycles. The van der Waals surface area contributed by atoms with E-state index in [0.717, 1.165) is 4.88 Å². The largest absolute Gasteiger partial charge is 0.403 e. The molecule has 1 aliphatic carbocycles. The van der Waals surface area contributed by atoms with E-state index in [9.17, 15) is 0 Å². The van der Waals surface area contributed by atoms with Crippen LogP contribution >= 0.6 is 22.9 Å². The van der Waals surface area contributed by atoms with Gasteiger partial charge in [0.2, 0.25) is 0 Å². The molecule has 1 N–H and O–H groups in total. The van der Waals surface area contributed by atoms with Crippen LogP contribution in [0.2, 0.25) is 4.34 Å². The van der Waals surface area contributed by atoms with Crippen LogP contribution in [-0.4, -0.2) is 20.0 Å². The topological polar surface area (TPSA) is 68.8 Å². The van der Waals surface area contributed by atoms with Gasteiger partial charge in [0, 0.05) is 7.05 Å². The van der Waals surface area contributed by atoms with E-state index >= 15 is 0 Å². The van der Waals surface area contributed by atoms with Gasteiger partial charge in [0.1, 0.15) is 0 Å². The van der Waals surface area contributed by atoms with Gasteiger partial charge in [0.25, 0.3) is 5.89 Å². The molecule has 3 aromatic rings. The quantitative estimate of drug-likeness (QED) is 0.752. The third-order valence-electron chi connectivity index (χ3n) is 4.25. The molecular formula is C15H16ClN5OS. The number of aromatic nitrogens is 4. The van der Waals surface area contributed by atoms with Crippen LogP contribution in [0.25, 0.3) is 10.8 Å². The summed E-state index contributed by atoms with van der Waals surface area (Å²) in [5.41, 5.74) is 2.50. The molecule has 0 bridgehead atoms. The lowest BCUT2D eigenvalue weighted by atomic mass is 9.80. The maximum atomic E-state index is 5.93. The van der Waals surface area contributed by atoms with Crippen LogP contribution in [0.1, 0.15) is 36.4 Å². The Hall–Kier alpha value is -1.86. The number of nitrogens with one attached hydrogen (secondary N) is 1. The van der Waals surface area contributed by atoms with Crippen molar-refractivity contribution in [2.45, 2.75) is 31.7 Å². The van der Waals surface area contributed by atoms with Crippen LogP contribution in [0.4, 0.5) is 6.01 Å². The molecule has 1 saturated carbocycles. The van der Waals surface area contributed by atoms with Gasteiger partial charge < -0.3 is 9.73 Å². The van der Waals surface area contributed by atoms with Crippen LogP contribution < -0.4 is 5.32 Å². The van der Waals surface area contributed by atoms with Gasteiger partial charge in [-0.05, 0) is 36.5 Å². The van der Waals surface area contributed by atoms with Crippen molar-refractivity contribution in [2.24, 2.45) is 7.05 Å². The molecule has 0 spiro atoms. The van der Waals surface area contributed by atoms with Gasteiger partial charge in [-0.3, -0.25) is 4.68 Å². The van der Waals surface area contributed by atoms with E-state index in [1.165, 1.54) is 41.9 Å². The van der Waals surface area contributed by atoms with Crippen molar-refractivity contribution in [3.8, 4) is 10.8 Å². The molecule has 1 aliphatic rings. The predicted octanol–water partition coefficient (Wildman–Crippen LogP) is 4.06. The van der Waals surface area contributed by atoms with Crippen molar-refractivity contribution in [1.29, 1.82) is 0 Å². The average Bonchev–Trinajstić information content (AvgIpc) is 3.17. The fraction of sp³-hybridized carbons (Fsp3) is 0.400. The van der Waals surface area contributed by atoms with Crippen molar-refractivity contribution in [3.05, 3.63) is 33.9 Å². The number of aryl methyl sites for hydroxylation is 1. The van der Waals surface area contributed by atoms with E-state index in [1.54, 1.807) is 0 Å². The summed E-state index contributed by atoms with van der Waals surface area (Å²) in [6, 6.07) is 4.10. The van der Waals surface area contributed by atoms with E-state index in [1.807, 2.05) is 30.1 Å². The monoisotopic (exact) mass is 349 g/mol. The fourth-order valence-corrected chi connectivity index (χ4v) is 3.70. The number of halogens is 1. The fourth-order valence-electron chi connectivity index (χ4n) is 2.74. The summed E-state index contributed by atoms with van der Waals surface area (Å²) in [7, 11) is 1.96. The second-order valence-corrected chi connectivity index (χ2v) is 7.38. The molecule has 120 valence electrons.